The van der Waals surface area contributed by atoms with Crippen LogP contribution in [-0.4, -0.2) is 38.2 Å². The Kier molecular flexibility index (Phi) is 5.30. The van der Waals surface area contributed by atoms with Crippen molar-refractivity contribution in [1.82, 2.24) is 25.3 Å². The molecule has 3 rings (SSSR count). The zero-order valence-electron chi connectivity index (χ0n) is 13.3. The number of rotatable bonds is 5. The van der Waals surface area contributed by atoms with Gasteiger partial charge >= 0.3 is 0 Å². The molecule has 25 heavy (non-hydrogen) atoms. The molecule has 2 aromatic carbocycles. The highest BCUT2D eigenvalue weighted by Gasteiger charge is 2.12. The fourth-order valence-corrected chi connectivity index (χ4v) is 2.53. The van der Waals surface area contributed by atoms with Gasteiger partial charge in [-0.1, -0.05) is 24.3 Å². The smallest absolute Gasteiger partial charge is 0.253 e. The summed E-state index contributed by atoms with van der Waals surface area (Å²) in [4.78, 5) is 14.5. The summed E-state index contributed by atoms with van der Waals surface area (Å²) in [5.74, 6) is 0.323. The zero-order chi connectivity index (χ0) is 17.6. The van der Waals surface area contributed by atoms with Crippen LogP contribution in [0.1, 0.15) is 15.9 Å². The molecule has 0 N–H and O–H groups in total. The van der Waals surface area contributed by atoms with E-state index in [1.54, 1.807) is 36.2 Å². The van der Waals surface area contributed by atoms with Gasteiger partial charge in [-0.05, 0) is 29.8 Å². The van der Waals surface area contributed by atoms with E-state index in [4.69, 9.17) is 0 Å². The molecule has 1 aromatic heterocycles. The van der Waals surface area contributed by atoms with E-state index < -0.39 is 0 Å². The average molecular weight is 355 g/mol. The first-order valence-corrected chi connectivity index (χ1v) is 8.13. The van der Waals surface area contributed by atoms with Crippen molar-refractivity contribution in [1.29, 1.82) is 0 Å². The molecule has 0 bridgehead atoms. The van der Waals surface area contributed by atoms with Gasteiger partial charge in [0.15, 0.2) is 6.33 Å². The van der Waals surface area contributed by atoms with Crippen LogP contribution in [0.3, 0.4) is 0 Å². The highest BCUT2D eigenvalue weighted by molar-refractivity contribution is 7.94. The van der Waals surface area contributed by atoms with Gasteiger partial charge in [0.25, 0.3) is 5.91 Å². The van der Waals surface area contributed by atoms with Gasteiger partial charge in [0, 0.05) is 29.6 Å². The van der Waals surface area contributed by atoms with E-state index in [-0.39, 0.29) is 18.1 Å². The Bertz CT molecular complexity index is 843. The maximum atomic E-state index is 12.5. The van der Waals surface area contributed by atoms with Gasteiger partial charge in [0.1, 0.15) is 0 Å². The molecule has 8 heteroatoms. The van der Waals surface area contributed by atoms with Crippen LogP contribution in [0, 0.1) is 0 Å². The Hall–Kier alpha value is -2.87. The third-order valence-electron chi connectivity index (χ3n) is 3.58. The quantitative estimate of drug-likeness (QED) is 0.700. The van der Waals surface area contributed by atoms with Crippen LogP contribution in [0.4, 0.5) is 3.89 Å². The molecular weight excluding hydrogens is 341 g/mol. The molecule has 1 amide bonds. The van der Waals surface area contributed by atoms with Crippen molar-refractivity contribution in [2.24, 2.45) is 0 Å². The molecule has 0 saturated heterocycles. The van der Waals surface area contributed by atoms with E-state index in [1.807, 2.05) is 24.3 Å². The van der Waals surface area contributed by atoms with Crippen molar-refractivity contribution in [3.63, 3.8) is 0 Å². The summed E-state index contributed by atoms with van der Waals surface area (Å²) in [6, 6.07) is 13.9. The average Bonchev–Trinajstić information content (AvgIpc) is 2.68. The second kappa shape index (κ2) is 7.80. The molecular formula is C17H14FN5OS. The number of nitrogens with zero attached hydrogens (tertiary/aromatic N) is 5. The molecule has 0 aliphatic heterocycles. The monoisotopic (exact) mass is 355 g/mol. The van der Waals surface area contributed by atoms with Crippen molar-refractivity contribution in [3.05, 3.63) is 66.0 Å². The largest absolute Gasteiger partial charge is 0.337 e. The van der Waals surface area contributed by atoms with E-state index in [9.17, 15) is 8.68 Å². The first-order valence-electron chi connectivity index (χ1n) is 7.41. The van der Waals surface area contributed by atoms with Gasteiger partial charge in [0.05, 0.1) is 12.1 Å². The fourth-order valence-electron chi connectivity index (χ4n) is 2.29. The van der Waals surface area contributed by atoms with Gasteiger partial charge < -0.3 is 4.90 Å². The Morgan fingerprint density at radius 1 is 1.04 bits per heavy atom. The van der Waals surface area contributed by atoms with Crippen molar-refractivity contribution in [2.45, 2.75) is 11.4 Å². The molecule has 0 unspecified atom stereocenters. The van der Waals surface area contributed by atoms with Crippen molar-refractivity contribution in [3.8, 4) is 11.4 Å². The molecule has 3 aromatic rings. The maximum absolute atomic E-state index is 12.5. The van der Waals surface area contributed by atoms with Gasteiger partial charge in [0.2, 0.25) is 5.82 Å². The molecule has 0 radical (unpaired) electrons. The molecule has 0 atom stereocenters. The zero-order valence-corrected chi connectivity index (χ0v) is 14.2. The first-order chi connectivity index (χ1) is 12.2. The number of aromatic nitrogens is 4. The van der Waals surface area contributed by atoms with Crippen LogP contribution < -0.4 is 0 Å². The number of carbonyl (C=O) groups is 1. The molecule has 126 valence electrons. The third kappa shape index (κ3) is 4.16. The fraction of sp³-hybridized carbons (Fsp3) is 0.118. The lowest BCUT2D eigenvalue weighted by Crippen LogP contribution is -2.26. The summed E-state index contributed by atoms with van der Waals surface area (Å²) < 4.78 is 12.5. The van der Waals surface area contributed by atoms with Crippen LogP contribution in [0.15, 0.2) is 59.8 Å². The second-order valence-electron chi connectivity index (χ2n) is 5.33. The number of amides is 1. The van der Waals surface area contributed by atoms with Crippen LogP contribution in [0.25, 0.3) is 11.4 Å². The normalized spacial score (nSPS) is 10.5. The molecule has 0 aliphatic rings. The minimum atomic E-state index is -0.126. The Morgan fingerprint density at radius 2 is 1.68 bits per heavy atom. The summed E-state index contributed by atoms with van der Waals surface area (Å²) in [6.07, 6.45) is 1.28. The lowest BCUT2D eigenvalue weighted by atomic mass is 10.1. The van der Waals surface area contributed by atoms with Crippen LogP contribution >= 0.6 is 12.1 Å². The summed E-state index contributed by atoms with van der Waals surface area (Å²) in [7, 11) is 1.72. The van der Waals surface area contributed by atoms with Crippen LogP contribution in [0.2, 0.25) is 0 Å². The van der Waals surface area contributed by atoms with Gasteiger partial charge in [-0.3, -0.25) is 4.79 Å². The van der Waals surface area contributed by atoms with Gasteiger partial charge in [-0.25, -0.2) is 0 Å². The second-order valence-corrected chi connectivity index (χ2v) is 5.96. The van der Waals surface area contributed by atoms with Gasteiger partial charge in [-0.2, -0.15) is 3.89 Å². The van der Waals surface area contributed by atoms with Gasteiger partial charge in [-0.15, -0.1) is 20.4 Å². The van der Waals surface area contributed by atoms with Crippen molar-refractivity contribution >= 4 is 18.1 Å². The minimum absolute atomic E-state index is 0.126. The van der Waals surface area contributed by atoms with Crippen molar-refractivity contribution in [2.75, 3.05) is 7.05 Å². The van der Waals surface area contributed by atoms with E-state index in [0.717, 1.165) is 11.1 Å². The molecule has 6 nitrogen and oxygen atoms in total. The molecule has 1 heterocycles. The number of hydrogen-bond donors (Lipinski definition) is 0. The summed E-state index contributed by atoms with van der Waals surface area (Å²) in [5, 5.41) is 15.2. The predicted octanol–water partition coefficient (Wildman–Crippen LogP) is 3.18. The van der Waals surface area contributed by atoms with Crippen LogP contribution in [0.5, 0.6) is 0 Å². The van der Waals surface area contributed by atoms with Crippen molar-refractivity contribution < 1.29 is 8.68 Å². The molecule has 0 spiro atoms. The Labute approximate surface area is 148 Å². The maximum Gasteiger partial charge on any atom is 0.253 e. The van der Waals surface area contributed by atoms with E-state index in [1.165, 1.54) is 6.33 Å². The van der Waals surface area contributed by atoms with E-state index in [0.29, 0.717) is 22.8 Å². The van der Waals surface area contributed by atoms with E-state index in [2.05, 4.69) is 20.4 Å². The SMILES string of the molecule is CN(Cc1ccc(-c2nncnn2)cc1)C(=O)c1ccc(SF)cc1. The molecule has 0 fully saturated rings. The first kappa shape index (κ1) is 17.0. The number of carbonyl (C=O) groups excluding carboxylic acids is 1. The predicted molar refractivity (Wildman–Crippen MR) is 92.3 cm³/mol. The standard InChI is InChI=1S/C17H14FN5OS/c1-23(17(24)14-6-8-15(25-18)9-7-14)10-12-2-4-13(5-3-12)16-21-19-11-20-22-16/h2-9,11H,10H2,1H3. The summed E-state index contributed by atoms with van der Waals surface area (Å²) in [6.45, 7) is 0.449. The third-order valence-corrected chi connectivity index (χ3v) is 4.03. The number of benzene rings is 2. The lowest BCUT2D eigenvalue weighted by Gasteiger charge is -2.17. The highest BCUT2D eigenvalue weighted by atomic mass is 32.2. The minimum Gasteiger partial charge on any atom is -0.337 e. The van der Waals surface area contributed by atoms with E-state index >= 15 is 0 Å². The Balaban J connectivity index is 1.67. The Morgan fingerprint density at radius 3 is 2.28 bits per heavy atom. The highest BCUT2D eigenvalue weighted by Crippen LogP contribution is 2.20. The topological polar surface area (TPSA) is 71.9 Å². The number of hydrogen-bond acceptors (Lipinski definition) is 6. The summed E-state index contributed by atoms with van der Waals surface area (Å²) in [5.41, 5.74) is 2.29. The van der Waals surface area contributed by atoms with Crippen LogP contribution in [-0.2, 0) is 6.54 Å². The molecule has 0 aliphatic carbocycles. The number of halogens is 1. The molecule has 0 saturated carbocycles. The summed E-state index contributed by atoms with van der Waals surface area (Å²) >= 11 is 0.156. The lowest BCUT2D eigenvalue weighted by molar-refractivity contribution is 0.0785.